The molecule has 0 spiro atoms. The average molecular weight is 419 g/mol. The fourth-order valence-electron chi connectivity index (χ4n) is 3.26. The summed E-state index contributed by atoms with van der Waals surface area (Å²) in [6, 6.07) is 10.4. The van der Waals surface area contributed by atoms with E-state index in [9.17, 15) is 9.59 Å². The Hall–Kier alpha value is -4.34. The molecule has 4 aromatic rings. The van der Waals surface area contributed by atoms with Crippen LogP contribution in [0.2, 0.25) is 0 Å². The Bertz CT molecular complexity index is 1310. The molecule has 156 valence electrons. The molecular weight excluding hydrogens is 402 g/mol. The molecule has 1 amide bonds. The van der Waals surface area contributed by atoms with Crippen molar-refractivity contribution in [3.8, 4) is 22.8 Å². The third kappa shape index (κ3) is 3.44. The Kier molecular flexibility index (Phi) is 4.51. The van der Waals surface area contributed by atoms with E-state index in [1.54, 1.807) is 37.4 Å². The van der Waals surface area contributed by atoms with Gasteiger partial charge in [-0.3, -0.25) is 9.89 Å². The number of fused-ring (bicyclic) bond motifs is 2. The van der Waals surface area contributed by atoms with Crippen molar-refractivity contribution in [3.63, 3.8) is 0 Å². The molecule has 31 heavy (non-hydrogen) atoms. The first-order valence-electron chi connectivity index (χ1n) is 9.53. The zero-order chi connectivity index (χ0) is 21.4. The molecule has 5 rings (SSSR count). The Balaban J connectivity index is 1.36. The van der Waals surface area contributed by atoms with E-state index in [4.69, 9.17) is 14.2 Å². The lowest BCUT2D eigenvalue weighted by Gasteiger charge is -2.05. The normalized spacial score (nSPS) is 12.2. The maximum Gasteiger partial charge on any atom is 0.341 e. The standard InChI is InChI=1S/C21H17N5O5/c1-2-29-21(28)14-10-22-26-6-5-13(8-17(14)26)23-20(27)16-9-15(24-25-16)12-3-4-18-19(7-12)31-11-30-18/h3-10H,2,11H2,1H3,(H,23,27)(H,24,25). The first kappa shape index (κ1) is 18.7. The Labute approximate surface area is 175 Å². The summed E-state index contributed by atoms with van der Waals surface area (Å²) in [5, 5.41) is 13.9. The first-order valence-corrected chi connectivity index (χ1v) is 9.53. The summed E-state index contributed by atoms with van der Waals surface area (Å²) < 4.78 is 17.3. The smallest absolute Gasteiger partial charge is 0.341 e. The SMILES string of the molecule is CCOC(=O)c1cnn2ccc(NC(=O)c3cc(-c4ccc5c(c4)OCO5)n[nH]3)cc12. The van der Waals surface area contributed by atoms with E-state index < -0.39 is 5.97 Å². The number of ether oxygens (including phenoxy) is 3. The van der Waals surface area contributed by atoms with Crippen LogP contribution in [0.5, 0.6) is 11.5 Å². The number of benzene rings is 1. The van der Waals surface area contributed by atoms with Gasteiger partial charge in [-0.2, -0.15) is 10.2 Å². The zero-order valence-corrected chi connectivity index (χ0v) is 16.4. The minimum Gasteiger partial charge on any atom is -0.462 e. The van der Waals surface area contributed by atoms with Gasteiger partial charge < -0.3 is 19.5 Å². The van der Waals surface area contributed by atoms with Crippen LogP contribution in [-0.4, -0.2) is 45.1 Å². The van der Waals surface area contributed by atoms with Crippen molar-refractivity contribution in [1.29, 1.82) is 0 Å². The van der Waals surface area contributed by atoms with E-state index in [0.29, 0.717) is 34.0 Å². The second-order valence-corrected chi connectivity index (χ2v) is 6.71. The highest BCUT2D eigenvalue weighted by molar-refractivity contribution is 6.04. The summed E-state index contributed by atoms with van der Waals surface area (Å²) in [4.78, 5) is 24.8. The number of hydrogen-bond donors (Lipinski definition) is 2. The number of hydrogen-bond acceptors (Lipinski definition) is 7. The van der Waals surface area contributed by atoms with Crippen LogP contribution in [0.25, 0.3) is 16.8 Å². The van der Waals surface area contributed by atoms with Gasteiger partial charge in [-0.1, -0.05) is 0 Å². The second kappa shape index (κ2) is 7.48. The van der Waals surface area contributed by atoms with Crippen molar-refractivity contribution in [2.45, 2.75) is 6.92 Å². The first-order chi connectivity index (χ1) is 15.1. The van der Waals surface area contributed by atoms with Crippen molar-refractivity contribution in [2.24, 2.45) is 0 Å². The van der Waals surface area contributed by atoms with E-state index in [0.717, 1.165) is 5.56 Å². The highest BCUT2D eigenvalue weighted by atomic mass is 16.7. The van der Waals surface area contributed by atoms with Gasteiger partial charge in [-0.05, 0) is 43.3 Å². The number of aromatic nitrogens is 4. The molecule has 2 N–H and O–H groups in total. The average Bonchev–Trinajstić information content (AvgIpc) is 3.51. The maximum absolute atomic E-state index is 12.7. The van der Waals surface area contributed by atoms with Gasteiger partial charge in [-0.25, -0.2) is 9.31 Å². The Morgan fingerprint density at radius 2 is 2.06 bits per heavy atom. The number of anilines is 1. The largest absolute Gasteiger partial charge is 0.462 e. The lowest BCUT2D eigenvalue weighted by Crippen LogP contribution is -2.12. The number of carbonyl (C=O) groups is 2. The van der Waals surface area contributed by atoms with E-state index in [2.05, 4.69) is 20.6 Å². The van der Waals surface area contributed by atoms with Gasteiger partial charge in [0, 0.05) is 17.4 Å². The molecule has 1 aromatic carbocycles. The van der Waals surface area contributed by atoms with Gasteiger partial charge in [0.2, 0.25) is 6.79 Å². The van der Waals surface area contributed by atoms with Crippen molar-refractivity contribution >= 4 is 23.1 Å². The van der Waals surface area contributed by atoms with Crippen LogP contribution >= 0.6 is 0 Å². The van der Waals surface area contributed by atoms with Crippen molar-refractivity contribution in [1.82, 2.24) is 19.8 Å². The van der Waals surface area contributed by atoms with Gasteiger partial charge in [0.25, 0.3) is 5.91 Å². The van der Waals surface area contributed by atoms with Crippen LogP contribution < -0.4 is 14.8 Å². The highest BCUT2D eigenvalue weighted by Gasteiger charge is 2.18. The fourth-order valence-corrected chi connectivity index (χ4v) is 3.26. The van der Waals surface area contributed by atoms with E-state index >= 15 is 0 Å². The molecule has 0 aliphatic carbocycles. The molecule has 1 aliphatic rings. The minimum atomic E-state index is -0.470. The number of nitrogens with one attached hydrogen (secondary N) is 2. The predicted molar refractivity (Wildman–Crippen MR) is 109 cm³/mol. The summed E-state index contributed by atoms with van der Waals surface area (Å²) in [6.45, 7) is 2.18. The van der Waals surface area contributed by atoms with Crippen molar-refractivity contribution < 1.29 is 23.8 Å². The molecule has 0 fully saturated rings. The molecule has 10 heteroatoms. The van der Waals surface area contributed by atoms with E-state index in [1.165, 1.54) is 10.7 Å². The number of aromatic amines is 1. The van der Waals surface area contributed by atoms with E-state index in [-0.39, 0.29) is 25.0 Å². The third-order valence-corrected chi connectivity index (χ3v) is 4.77. The molecule has 10 nitrogen and oxygen atoms in total. The molecule has 3 aromatic heterocycles. The van der Waals surface area contributed by atoms with Gasteiger partial charge in [0.1, 0.15) is 11.3 Å². The number of nitrogens with zero attached hydrogens (tertiary/aromatic N) is 3. The lowest BCUT2D eigenvalue weighted by atomic mass is 10.1. The number of esters is 1. The fraction of sp³-hybridized carbons (Fsp3) is 0.143. The molecule has 0 atom stereocenters. The van der Waals surface area contributed by atoms with Gasteiger partial charge in [0.15, 0.2) is 11.5 Å². The van der Waals surface area contributed by atoms with Crippen LogP contribution in [0, 0.1) is 0 Å². The Morgan fingerprint density at radius 3 is 2.94 bits per heavy atom. The summed E-state index contributed by atoms with van der Waals surface area (Å²) in [5.74, 6) is 0.469. The molecule has 0 saturated heterocycles. The second-order valence-electron chi connectivity index (χ2n) is 6.71. The minimum absolute atomic E-state index is 0.187. The summed E-state index contributed by atoms with van der Waals surface area (Å²) >= 11 is 0. The number of amides is 1. The summed E-state index contributed by atoms with van der Waals surface area (Å²) in [7, 11) is 0. The quantitative estimate of drug-likeness (QED) is 0.477. The number of pyridine rings is 1. The molecule has 0 bridgehead atoms. The van der Waals surface area contributed by atoms with Crippen LogP contribution in [-0.2, 0) is 4.74 Å². The Morgan fingerprint density at radius 1 is 1.19 bits per heavy atom. The number of H-pyrrole nitrogens is 1. The molecular formula is C21H17N5O5. The van der Waals surface area contributed by atoms with Crippen LogP contribution in [0.4, 0.5) is 5.69 Å². The summed E-state index contributed by atoms with van der Waals surface area (Å²) in [6.07, 6.45) is 3.09. The zero-order valence-electron chi connectivity index (χ0n) is 16.4. The predicted octanol–water partition coefficient (Wildman–Crippen LogP) is 2.88. The topological polar surface area (TPSA) is 120 Å². The summed E-state index contributed by atoms with van der Waals surface area (Å²) in [5.41, 5.74) is 3.03. The lowest BCUT2D eigenvalue weighted by molar-refractivity contribution is 0.0528. The van der Waals surface area contributed by atoms with Crippen molar-refractivity contribution in [3.05, 3.63) is 60.0 Å². The number of carbonyl (C=O) groups excluding carboxylic acids is 2. The number of rotatable bonds is 5. The maximum atomic E-state index is 12.7. The van der Waals surface area contributed by atoms with Crippen LogP contribution in [0.1, 0.15) is 27.8 Å². The van der Waals surface area contributed by atoms with Gasteiger partial charge in [0.05, 0.1) is 24.0 Å². The highest BCUT2D eigenvalue weighted by Crippen LogP contribution is 2.35. The molecule has 4 heterocycles. The van der Waals surface area contributed by atoms with E-state index in [1.807, 2.05) is 12.1 Å². The van der Waals surface area contributed by atoms with Crippen molar-refractivity contribution in [2.75, 3.05) is 18.7 Å². The molecule has 1 aliphatic heterocycles. The monoisotopic (exact) mass is 419 g/mol. The van der Waals surface area contributed by atoms with Gasteiger partial charge >= 0.3 is 5.97 Å². The molecule has 0 saturated carbocycles. The van der Waals surface area contributed by atoms with Crippen LogP contribution in [0.15, 0.2) is 48.8 Å². The van der Waals surface area contributed by atoms with Crippen LogP contribution in [0.3, 0.4) is 0 Å². The molecule has 0 radical (unpaired) electrons. The third-order valence-electron chi connectivity index (χ3n) is 4.77. The molecule has 0 unspecified atom stereocenters. The van der Waals surface area contributed by atoms with Gasteiger partial charge in [-0.15, -0.1) is 0 Å².